The predicted octanol–water partition coefficient (Wildman–Crippen LogP) is 3.22. The molecular weight excluding hydrogens is 307 g/mol. The summed E-state index contributed by atoms with van der Waals surface area (Å²) in [6, 6.07) is 11.7. The Labute approximate surface area is 131 Å². The average molecular weight is 319 g/mol. The molecule has 1 saturated heterocycles. The van der Waals surface area contributed by atoms with Gasteiger partial charge in [-0.3, -0.25) is 9.59 Å². The lowest BCUT2D eigenvalue weighted by molar-refractivity contribution is -0.121. The van der Waals surface area contributed by atoms with Gasteiger partial charge in [0.2, 0.25) is 5.91 Å². The Morgan fingerprint density at radius 1 is 1.14 bits per heavy atom. The number of hydrogen-bond acceptors (Lipinski definition) is 3. The van der Waals surface area contributed by atoms with Gasteiger partial charge in [-0.05, 0) is 30.3 Å². The predicted molar refractivity (Wildman–Crippen MR) is 82.4 cm³/mol. The number of amides is 2. The molecule has 0 aliphatic carbocycles. The van der Waals surface area contributed by atoms with Crippen LogP contribution in [0.3, 0.4) is 0 Å². The fourth-order valence-electron chi connectivity index (χ4n) is 2.41. The van der Waals surface area contributed by atoms with E-state index < -0.39 is 17.8 Å². The molecule has 4 nitrogen and oxygen atoms in total. The normalized spacial score (nSPS) is 17.9. The smallest absolute Gasteiger partial charge is 0.256 e. The van der Waals surface area contributed by atoms with Gasteiger partial charge in [0.25, 0.3) is 5.91 Å². The van der Waals surface area contributed by atoms with E-state index in [2.05, 4.69) is 5.32 Å². The standard InChI is InChI=1S/C16H12ClFN2O2/c17-12-6-1-2-7-14(12)20-15(21)9-13(16(20)22)19-11-5-3-4-10(18)8-11/h1-8,13,19H,9H2/t13-/m1/s1. The van der Waals surface area contributed by atoms with Gasteiger partial charge in [0.15, 0.2) is 0 Å². The van der Waals surface area contributed by atoms with E-state index in [0.717, 1.165) is 4.90 Å². The summed E-state index contributed by atoms with van der Waals surface area (Å²) in [5.41, 5.74) is 0.815. The highest BCUT2D eigenvalue weighted by molar-refractivity contribution is 6.36. The number of halogens is 2. The van der Waals surface area contributed by atoms with Crippen molar-refractivity contribution in [3.8, 4) is 0 Å². The summed E-state index contributed by atoms with van der Waals surface area (Å²) in [6.07, 6.45) is 0.000565. The van der Waals surface area contributed by atoms with E-state index in [9.17, 15) is 14.0 Å². The maximum absolute atomic E-state index is 13.2. The molecule has 0 saturated carbocycles. The molecule has 1 aliphatic heterocycles. The number of hydrogen-bond donors (Lipinski definition) is 1. The topological polar surface area (TPSA) is 49.4 Å². The zero-order chi connectivity index (χ0) is 15.7. The van der Waals surface area contributed by atoms with Crippen molar-refractivity contribution in [2.75, 3.05) is 10.2 Å². The number of nitrogens with one attached hydrogen (secondary N) is 1. The second-order valence-corrected chi connectivity index (χ2v) is 5.34. The van der Waals surface area contributed by atoms with Crippen LogP contribution in [0.15, 0.2) is 48.5 Å². The molecule has 1 atom stereocenters. The number of rotatable bonds is 3. The molecule has 0 radical (unpaired) electrons. The SMILES string of the molecule is O=C1C[C@@H](Nc2cccc(F)c2)C(=O)N1c1ccccc1Cl. The first-order valence-electron chi connectivity index (χ1n) is 6.69. The first-order valence-corrected chi connectivity index (χ1v) is 7.07. The van der Waals surface area contributed by atoms with Crippen molar-refractivity contribution in [1.29, 1.82) is 0 Å². The lowest BCUT2D eigenvalue weighted by atomic mass is 10.2. The number of carbonyl (C=O) groups excluding carboxylic acids is 2. The summed E-state index contributed by atoms with van der Waals surface area (Å²) in [5.74, 6) is -1.15. The van der Waals surface area contributed by atoms with E-state index in [0.29, 0.717) is 16.4 Å². The van der Waals surface area contributed by atoms with Crippen LogP contribution in [0.1, 0.15) is 6.42 Å². The van der Waals surface area contributed by atoms with Crippen molar-refractivity contribution in [2.24, 2.45) is 0 Å². The molecule has 22 heavy (non-hydrogen) atoms. The maximum Gasteiger partial charge on any atom is 0.256 e. The number of anilines is 2. The average Bonchev–Trinajstić information content (AvgIpc) is 2.74. The lowest BCUT2D eigenvalue weighted by Crippen LogP contribution is -2.35. The first-order chi connectivity index (χ1) is 10.6. The van der Waals surface area contributed by atoms with Crippen molar-refractivity contribution in [1.82, 2.24) is 0 Å². The molecule has 3 rings (SSSR count). The molecule has 2 aromatic rings. The van der Waals surface area contributed by atoms with Gasteiger partial charge in [-0.2, -0.15) is 0 Å². The molecule has 1 aliphatic rings. The van der Waals surface area contributed by atoms with Crippen LogP contribution >= 0.6 is 11.6 Å². The number of nitrogens with zero attached hydrogens (tertiary/aromatic N) is 1. The van der Waals surface area contributed by atoms with E-state index >= 15 is 0 Å². The van der Waals surface area contributed by atoms with Crippen LogP contribution in [0.4, 0.5) is 15.8 Å². The van der Waals surface area contributed by atoms with E-state index in [1.807, 2.05) is 0 Å². The first kappa shape index (κ1) is 14.5. The fourth-order valence-corrected chi connectivity index (χ4v) is 2.63. The van der Waals surface area contributed by atoms with Crippen LogP contribution in [-0.4, -0.2) is 17.9 Å². The maximum atomic E-state index is 13.2. The number of imide groups is 1. The highest BCUT2D eigenvalue weighted by atomic mass is 35.5. The summed E-state index contributed by atoms with van der Waals surface area (Å²) < 4.78 is 13.2. The van der Waals surface area contributed by atoms with Crippen LogP contribution in [-0.2, 0) is 9.59 Å². The van der Waals surface area contributed by atoms with Crippen LogP contribution in [0.5, 0.6) is 0 Å². The molecular formula is C16H12ClFN2O2. The third-order valence-electron chi connectivity index (χ3n) is 3.41. The number of para-hydroxylation sites is 1. The highest BCUT2D eigenvalue weighted by Crippen LogP contribution is 2.30. The van der Waals surface area contributed by atoms with Gasteiger partial charge >= 0.3 is 0 Å². The number of carbonyl (C=O) groups is 2. The molecule has 0 bridgehead atoms. The zero-order valence-corrected chi connectivity index (χ0v) is 12.2. The molecule has 0 unspecified atom stereocenters. The molecule has 1 N–H and O–H groups in total. The van der Waals surface area contributed by atoms with Crippen molar-refractivity contribution < 1.29 is 14.0 Å². The van der Waals surface area contributed by atoms with Crippen LogP contribution in [0, 0.1) is 5.82 Å². The van der Waals surface area contributed by atoms with E-state index in [1.54, 1.807) is 30.3 Å². The number of benzene rings is 2. The zero-order valence-electron chi connectivity index (χ0n) is 11.4. The minimum Gasteiger partial charge on any atom is -0.373 e. The summed E-state index contributed by atoms with van der Waals surface area (Å²) >= 11 is 6.05. The quantitative estimate of drug-likeness (QED) is 0.884. The Morgan fingerprint density at radius 3 is 2.64 bits per heavy atom. The van der Waals surface area contributed by atoms with Crippen LogP contribution in [0.2, 0.25) is 5.02 Å². The van der Waals surface area contributed by atoms with E-state index in [4.69, 9.17) is 11.6 Å². The Hall–Kier alpha value is -2.40. The fraction of sp³-hybridized carbons (Fsp3) is 0.125. The van der Waals surface area contributed by atoms with E-state index in [1.165, 1.54) is 18.2 Å². The van der Waals surface area contributed by atoms with E-state index in [-0.39, 0.29) is 12.3 Å². The van der Waals surface area contributed by atoms with Gasteiger partial charge in [0.05, 0.1) is 17.1 Å². The Morgan fingerprint density at radius 2 is 1.91 bits per heavy atom. The van der Waals surface area contributed by atoms with Gasteiger partial charge in [0, 0.05) is 5.69 Å². The Kier molecular flexibility index (Phi) is 3.81. The van der Waals surface area contributed by atoms with Gasteiger partial charge in [0.1, 0.15) is 11.9 Å². The third kappa shape index (κ3) is 2.67. The van der Waals surface area contributed by atoms with Gasteiger partial charge in [-0.15, -0.1) is 0 Å². The molecule has 6 heteroatoms. The molecule has 1 fully saturated rings. The summed E-state index contributed by atoms with van der Waals surface area (Å²) in [6.45, 7) is 0. The third-order valence-corrected chi connectivity index (χ3v) is 3.73. The molecule has 0 spiro atoms. The van der Waals surface area contributed by atoms with Crippen molar-refractivity contribution >= 4 is 34.8 Å². The lowest BCUT2D eigenvalue weighted by Gasteiger charge is -2.17. The van der Waals surface area contributed by atoms with Crippen molar-refractivity contribution in [3.63, 3.8) is 0 Å². The van der Waals surface area contributed by atoms with Crippen LogP contribution in [0.25, 0.3) is 0 Å². The van der Waals surface area contributed by atoms with Crippen LogP contribution < -0.4 is 10.2 Å². The van der Waals surface area contributed by atoms with Gasteiger partial charge in [-0.25, -0.2) is 9.29 Å². The van der Waals surface area contributed by atoms with Crippen molar-refractivity contribution in [3.05, 3.63) is 59.4 Å². The van der Waals surface area contributed by atoms with Crippen molar-refractivity contribution in [2.45, 2.75) is 12.5 Å². The molecule has 0 aromatic heterocycles. The highest BCUT2D eigenvalue weighted by Gasteiger charge is 2.40. The van der Waals surface area contributed by atoms with Gasteiger partial charge in [-0.1, -0.05) is 29.8 Å². The minimum absolute atomic E-state index is 0.000565. The largest absolute Gasteiger partial charge is 0.373 e. The molecule has 1 heterocycles. The molecule has 2 aromatic carbocycles. The minimum atomic E-state index is -0.731. The molecule has 2 amide bonds. The Balaban J connectivity index is 1.84. The monoisotopic (exact) mass is 318 g/mol. The Bertz CT molecular complexity index is 750. The second kappa shape index (κ2) is 5.77. The summed E-state index contributed by atoms with van der Waals surface area (Å²) in [5, 5.41) is 3.22. The summed E-state index contributed by atoms with van der Waals surface area (Å²) in [4.78, 5) is 25.7. The molecule has 112 valence electrons. The summed E-state index contributed by atoms with van der Waals surface area (Å²) in [7, 11) is 0. The second-order valence-electron chi connectivity index (χ2n) is 4.93. The van der Waals surface area contributed by atoms with Gasteiger partial charge < -0.3 is 5.32 Å².